The van der Waals surface area contributed by atoms with Gasteiger partial charge in [-0.05, 0) is 38.1 Å². The Bertz CT molecular complexity index is 1030. The third-order valence-electron chi connectivity index (χ3n) is 4.52. The van der Waals surface area contributed by atoms with E-state index in [2.05, 4.69) is 15.3 Å². The van der Waals surface area contributed by atoms with Crippen molar-refractivity contribution in [2.45, 2.75) is 26.4 Å². The molecule has 4 rings (SSSR count). The summed E-state index contributed by atoms with van der Waals surface area (Å²) in [7, 11) is 0. The molecule has 0 spiro atoms. The zero-order valence-electron chi connectivity index (χ0n) is 14.3. The molecule has 0 aliphatic heterocycles. The van der Waals surface area contributed by atoms with E-state index in [4.69, 9.17) is 0 Å². The highest BCUT2D eigenvalue weighted by Gasteiger charge is 2.18. The van der Waals surface area contributed by atoms with Crippen LogP contribution in [0.1, 0.15) is 36.2 Å². The third kappa shape index (κ3) is 2.67. The lowest BCUT2D eigenvalue weighted by atomic mass is 10.2. The Morgan fingerprint density at radius 1 is 1.20 bits per heavy atom. The number of para-hydroxylation sites is 3. The lowest BCUT2D eigenvalue weighted by molar-refractivity contribution is 0.0929. The average molecular weight is 332 g/mol. The lowest BCUT2D eigenvalue weighted by Gasteiger charge is -2.13. The maximum atomic E-state index is 12.8. The fourth-order valence-corrected chi connectivity index (χ4v) is 3.26. The van der Waals surface area contributed by atoms with Gasteiger partial charge in [-0.2, -0.15) is 0 Å². The van der Waals surface area contributed by atoms with Gasteiger partial charge in [-0.25, -0.2) is 4.98 Å². The number of amides is 1. The molecule has 25 heavy (non-hydrogen) atoms. The molecule has 5 heteroatoms. The van der Waals surface area contributed by atoms with Crippen LogP contribution in [0.4, 0.5) is 0 Å². The summed E-state index contributed by atoms with van der Waals surface area (Å²) >= 11 is 0. The predicted molar refractivity (Wildman–Crippen MR) is 99.6 cm³/mol. The molecule has 1 atom stereocenters. The summed E-state index contributed by atoms with van der Waals surface area (Å²) in [6.45, 7) is 4.73. The molecule has 2 heterocycles. The van der Waals surface area contributed by atoms with Gasteiger partial charge in [0.25, 0.3) is 5.91 Å². The van der Waals surface area contributed by atoms with E-state index >= 15 is 0 Å². The molecule has 0 saturated heterocycles. The molecule has 1 amide bonds. The van der Waals surface area contributed by atoms with Crippen LogP contribution in [0.25, 0.3) is 21.9 Å². The molecule has 0 fully saturated rings. The van der Waals surface area contributed by atoms with Crippen molar-refractivity contribution in [1.82, 2.24) is 19.9 Å². The number of hydrogen-bond acceptors (Lipinski definition) is 2. The van der Waals surface area contributed by atoms with Gasteiger partial charge < -0.3 is 14.9 Å². The molecule has 2 aromatic carbocycles. The van der Waals surface area contributed by atoms with Gasteiger partial charge >= 0.3 is 0 Å². The Hall–Kier alpha value is -3.08. The summed E-state index contributed by atoms with van der Waals surface area (Å²) in [6.07, 6.45) is 0. The summed E-state index contributed by atoms with van der Waals surface area (Å²) < 4.78 is 2.04. The average Bonchev–Trinajstić information content (AvgIpc) is 3.22. The van der Waals surface area contributed by atoms with Gasteiger partial charge in [-0.1, -0.05) is 30.3 Å². The van der Waals surface area contributed by atoms with Gasteiger partial charge in [0, 0.05) is 17.4 Å². The van der Waals surface area contributed by atoms with Gasteiger partial charge in [-0.3, -0.25) is 4.79 Å². The third-order valence-corrected chi connectivity index (χ3v) is 4.52. The van der Waals surface area contributed by atoms with Gasteiger partial charge in [0.1, 0.15) is 11.5 Å². The Morgan fingerprint density at radius 2 is 1.96 bits per heavy atom. The number of benzene rings is 2. The summed E-state index contributed by atoms with van der Waals surface area (Å²) in [6, 6.07) is 17.6. The minimum Gasteiger partial charge on any atom is -0.341 e. The highest BCUT2D eigenvalue weighted by Crippen LogP contribution is 2.21. The molecule has 0 radical (unpaired) electrons. The summed E-state index contributed by atoms with van der Waals surface area (Å²) in [4.78, 5) is 20.7. The van der Waals surface area contributed by atoms with Crippen molar-refractivity contribution in [3.63, 3.8) is 0 Å². The molecule has 4 aromatic rings. The Morgan fingerprint density at radius 3 is 2.76 bits per heavy atom. The van der Waals surface area contributed by atoms with Gasteiger partial charge in [0.05, 0.1) is 17.1 Å². The fraction of sp³-hybridized carbons (Fsp3) is 0.200. The Labute approximate surface area is 145 Å². The second-order valence-electron chi connectivity index (χ2n) is 6.17. The number of aryl methyl sites for hydroxylation is 1. The maximum Gasteiger partial charge on any atom is 0.268 e. The van der Waals surface area contributed by atoms with E-state index < -0.39 is 0 Å². The van der Waals surface area contributed by atoms with Crippen molar-refractivity contribution in [2.24, 2.45) is 0 Å². The Balaban J connectivity index is 1.63. The summed E-state index contributed by atoms with van der Waals surface area (Å²) in [5.41, 5.74) is 3.63. The molecule has 0 aliphatic carbocycles. The van der Waals surface area contributed by atoms with Crippen LogP contribution in [-0.2, 0) is 6.54 Å². The number of fused-ring (bicyclic) bond motifs is 2. The van der Waals surface area contributed by atoms with Gasteiger partial charge in [0.15, 0.2) is 0 Å². The van der Waals surface area contributed by atoms with Crippen molar-refractivity contribution in [3.8, 4) is 0 Å². The minimum atomic E-state index is -0.205. The first-order valence-electron chi connectivity index (χ1n) is 8.51. The zero-order valence-corrected chi connectivity index (χ0v) is 14.3. The SMILES string of the molecule is CCn1c(C(=O)NC(C)c2nc3ccccc3[nH]2)cc2ccccc21. The number of aromatic amines is 1. The lowest BCUT2D eigenvalue weighted by Crippen LogP contribution is -2.29. The van der Waals surface area contributed by atoms with Crippen molar-refractivity contribution >= 4 is 27.8 Å². The van der Waals surface area contributed by atoms with Gasteiger partial charge in [-0.15, -0.1) is 0 Å². The number of carbonyl (C=O) groups excluding carboxylic acids is 1. The zero-order chi connectivity index (χ0) is 17.4. The number of hydrogen-bond donors (Lipinski definition) is 2. The van der Waals surface area contributed by atoms with Crippen LogP contribution < -0.4 is 5.32 Å². The quantitative estimate of drug-likeness (QED) is 0.593. The van der Waals surface area contributed by atoms with E-state index in [1.807, 2.05) is 73.0 Å². The van der Waals surface area contributed by atoms with E-state index in [0.29, 0.717) is 5.69 Å². The van der Waals surface area contributed by atoms with Crippen molar-refractivity contribution < 1.29 is 4.79 Å². The Kier molecular flexibility index (Phi) is 3.76. The normalized spacial score (nSPS) is 12.6. The van der Waals surface area contributed by atoms with E-state index in [1.54, 1.807) is 0 Å². The maximum absolute atomic E-state index is 12.8. The van der Waals surface area contributed by atoms with Crippen LogP contribution in [-0.4, -0.2) is 20.4 Å². The largest absolute Gasteiger partial charge is 0.341 e. The topological polar surface area (TPSA) is 62.7 Å². The van der Waals surface area contributed by atoms with Gasteiger partial charge in [0.2, 0.25) is 0 Å². The van der Waals surface area contributed by atoms with Crippen LogP contribution in [0.5, 0.6) is 0 Å². The molecule has 0 saturated carbocycles. The smallest absolute Gasteiger partial charge is 0.268 e. The number of rotatable bonds is 4. The molecule has 2 N–H and O–H groups in total. The van der Waals surface area contributed by atoms with Crippen LogP contribution >= 0.6 is 0 Å². The van der Waals surface area contributed by atoms with Crippen LogP contribution in [0.15, 0.2) is 54.6 Å². The first kappa shape index (κ1) is 15.4. The number of carbonyl (C=O) groups is 1. The highest BCUT2D eigenvalue weighted by atomic mass is 16.2. The molecule has 0 bridgehead atoms. The van der Waals surface area contributed by atoms with Crippen molar-refractivity contribution in [3.05, 3.63) is 66.1 Å². The first-order chi connectivity index (χ1) is 12.2. The molecular weight excluding hydrogens is 312 g/mol. The summed E-state index contributed by atoms with van der Waals surface area (Å²) in [5, 5.41) is 4.13. The van der Waals surface area contributed by atoms with E-state index in [1.165, 1.54) is 0 Å². The summed E-state index contributed by atoms with van der Waals surface area (Å²) in [5.74, 6) is 0.666. The standard InChI is InChI=1S/C20H20N4O/c1-3-24-17-11-7-4-8-14(17)12-18(24)20(25)21-13(2)19-22-15-9-5-6-10-16(15)23-19/h4-13H,3H2,1-2H3,(H,21,25)(H,22,23). The van der Waals surface area contributed by atoms with Crippen LogP contribution in [0.2, 0.25) is 0 Å². The number of nitrogens with one attached hydrogen (secondary N) is 2. The second kappa shape index (κ2) is 6.09. The van der Waals surface area contributed by atoms with Crippen LogP contribution in [0.3, 0.4) is 0 Å². The second-order valence-corrected chi connectivity index (χ2v) is 6.17. The predicted octanol–water partition coefficient (Wildman–Crippen LogP) is 4.03. The van der Waals surface area contributed by atoms with E-state index in [-0.39, 0.29) is 11.9 Å². The van der Waals surface area contributed by atoms with Crippen molar-refractivity contribution in [2.75, 3.05) is 0 Å². The fourth-order valence-electron chi connectivity index (χ4n) is 3.26. The monoisotopic (exact) mass is 332 g/mol. The molecule has 1 unspecified atom stereocenters. The van der Waals surface area contributed by atoms with E-state index in [0.717, 1.165) is 34.3 Å². The first-order valence-corrected chi connectivity index (χ1v) is 8.51. The molecule has 0 aliphatic rings. The number of H-pyrrole nitrogens is 1. The number of aromatic nitrogens is 3. The number of nitrogens with zero attached hydrogens (tertiary/aromatic N) is 2. The van der Waals surface area contributed by atoms with E-state index in [9.17, 15) is 4.79 Å². The van der Waals surface area contributed by atoms with Crippen LogP contribution in [0, 0.1) is 0 Å². The molecular formula is C20H20N4O. The van der Waals surface area contributed by atoms with Crippen molar-refractivity contribution in [1.29, 1.82) is 0 Å². The molecule has 2 aromatic heterocycles. The highest BCUT2D eigenvalue weighted by molar-refractivity contribution is 5.99. The number of imidazole rings is 1. The molecule has 126 valence electrons. The molecule has 5 nitrogen and oxygen atoms in total. The minimum absolute atomic E-state index is 0.0917.